The van der Waals surface area contributed by atoms with E-state index in [2.05, 4.69) is 0 Å². The van der Waals surface area contributed by atoms with Crippen molar-refractivity contribution in [3.8, 4) is 11.5 Å². The SMILES string of the molecule is O=C1C2=C(C(=O)c3ccccc31)[C@@H](c1ccc(Oc3ccc(F)cc3)cc1)[C@H](C(=O)c1ccccc1)O2. The fourth-order valence-corrected chi connectivity index (χ4v) is 4.81. The summed E-state index contributed by atoms with van der Waals surface area (Å²) in [5, 5.41) is 0. The molecule has 5 nitrogen and oxygen atoms in total. The summed E-state index contributed by atoms with van der Waals surface area (Å²) in [6.07, 6.45) is -1.08. The molecule has 6 heteroatoms. The Bertz CT molecular complexity index is 1570. The highest BCUT2D eigenvalue weighted by molar-refractivity contribution is 6.27. The van der Waals surface area contributed by atoms with Crippen LogP contribution >= 0.6 is 0 Å². The summed E-state index contributed by atoms with van der Waals surface area (Å²) in [4.78, 5) is 40.5. The summed E-state index contributed by atoms with van der Waals surface area (Å²) >= 11 is 0. The summed E-state index contributed by atoms with van der Waals surface area (Å²) in [6, 6.07) is 27.8. The van der Waals surface area contributed by atoms with Crippen LogP contribution in [0.15, 0.2) is 114 Å². The Morgan fingerprint density at radius 1 is 0.703 bits per heavy atom. The Hall–Kier alpha value is -4.84. The van der Waals surface area contributed by atoms with Crippen LogP contribution in [0.4, 0.5) is 4.39 Å². The maximum atomic E-state index is 13.6. The quantitative estimate of drug-likeness (QED) is 0.306. The van der Waals surface area contributed by atoms with Gasteiger partial charge in [-0.15, -0.1) is 0 Å². The lowest BCUT2D eigenvalue weighted by Crippen LogP contribution is -2.28. The van der Waals surface area contributed by atoms with Crippen molar-refractivity contribution in [2.75, 3.05) is 0 Å². The van der Waals surface area contributed by atoms with E-state index in [1.807, 2.05) is 0 Å². The first-order chi connectivity index (χ1) is 18.0. The molecule has 180 valence electrons. The number of fused-ring (bicyclic) bond motifs is 1. The van der Waals surface area contributed by atoms with E-state index in [4.69, 9.17) is 9.47 Å². The minimum atomic E-state index is -1.08. The molecule has 0 unspecified atom stereocenters. The largest absolute Gasteiger partial charge is 0.477 e. The number of allylic oxidation sites excluding steroid dienone is 1. The first-order valence-corrected chi connectivity index (χ1v) is 11.7. The van der Waals surface area contributed by atoms with Gasteiger partial charge in [0.1, 0.15) is 17.3 Å². The fraction of sp³-hybridized carbons (Fsp3) is 0.0645. The molecular formula is C31H19FO5. The molecule has 0 saturated heterocycles. The number of halogens is 1. The Morgan fingerprint density at radius 2 is 1.27 bits per heavy atom. The number of hydrogen-bond donors (Lipinski definition) is 0. The fourth-order valence-electron chi connectivity index (χ4n) is 4.81. The van der Waals surface area contributed by atoms with Crippen LogP contribution < -0.4 is 4.74 Å². The minimum Gasteiger partial charge on any atom is -0.477 e. The van der Waals surface area contributed by atoms with E-state index in [0.29, 0.717) is 28.2 Å². The van der Waals surface area contributed by atoms with E-state index < -0.39 is 17.8 Å². The molecule has 4 aromatic rings. The molecule has 0 amide bonds. The van der Waals surface area contributed by atoms with Crippen molar-refractivity contribution in [1.29, 1.82) is 0 Å². The van der Waals surface area contributed by atoms with Crippen LogP contribution in [0.3, 0.4) is 0 Å². The third-order valence-corrected chi connectivity index (χ3v) is 6.58. The normalized spacial score (nSPS) is 18.2. The van der Waals surface area contributed by atoms with Crippen molar-refractivity contribution >= 4 is 17.3 Å². The molecule has 2 aliphatic rings. The van der Waals surface area contributed by atoms with Crippen molar-refractivity contribution < 1.29 is 28.2 Å². The first kappa shape index (κ1) is 22.6. The molecule has 6 rings (SSSR count). The Balaban J connectivity index is 1.40. The van der Waals surface area contributed by atoms with Crippen LogP contribution in [-0.4, -0.2) is 23.5 Å². The third kappa shape index (κ3) is 3.93. The number of carbonyl (C=O) groups excluding carboxylic acids is 3. The summed E-state index contributed by atoms with van der Waals surface area (Å²) in [6.45, 7) is 0. The van der Waals surface area contributed by atoms with Crippen LogP contribution in [0, 0.1) is 5.82 Å². The second-order valence-electron chi connectivity index (χ2n) is 8.82. The Kier molecular flexibility index (Phi) is 5.49. The van der Waals surface area contributed by atoms with Gasteiger partial charge in [0, 0.05) is 16.7 Å². The molecule has 0 spiro atoms. The van der Waals surface area contributed by atoms with Crippen LogP contribution in [0.25, 0.3) is 0 Å². The minimum absolute atomic E-state index is 0.0744. The summed E-state index contributed by atoms with van der Waals surface area (Å²) in [5.41, 5.74) is 1.80. The summed E-state index contributed by atoms with van der Waals surface area (Å²) < 4.78 is 25.0. The lowest BCUT2D eigenvalue weighted by molar-refractivity contribution is 0.0640. The molecule has 2 atom stereocenters. The van der Waals surface area contributed by atoms with E-state index in [-0.39, 0.29) is 34.3 Å². The number of hydrogen-bond acceptors (Lipinski definition) is 5. The van der Waals surface area contributed by atoms with E-state index in [0.717, 1.165) is 0 Å². The maximum absolute atomic E-state index is 13.6. The molecule has 37 heavy (non-hydrogen) atoms. The van der Waals surface area contributed by atoms with Gasteiger partial charge in [-0.05, 0) is 42.0 Å². The van der Waals surface area contributed by atoms with E-state index in [1.165, 1.54) is 24.3 Å². The van der Waals surface area contributed by atoms with Crippen LogP contribution in [0.2, 0.25) is 0 Å². The second kappa shape index (κ2) is 8.99. The number of ether oxygens (including phenoxy) is 2. The van der Waals surface area contributed by atoms with Gasteiger partial charge in [-0.3, -0.25) is 14.4 Å². The zero-order valence-corrected chi connectivity index (χ0v) is 19.4. The predicted octanol–water partition coefficient (Wildman–Crippen LogP) is 6.32. The molecule has 0 radical (unpaired) electrons. The predicted molar refractivity (Wildman–Crippen MR) is 133 cm³/mol. The van der Waals surface area contributed by atoms with Crippen LogP contribution in [0.1, 0.15) is 42.6 Å². The molecule has 1 aliphatic heterocycles. The first-order valence-electron chi connectivity index (χ1n) is 11.7. The van der Waals surface area contributed by atoms with Crippen LogP contribution in [-0.2, 0) is 4.74 Å². The van der Waals surface area contributed by atoms with E-state index in [9.17, 15) is 18.8 Å². The molecule has 0 N–H and O–H groups in total. The average molecular weight is 490 g/mol. The van der Waals surface area contributed by atoms with Gasteiger partial charge < -0.3 is 9.47 Å². The molecule has 4 aromatic carbocycles. The number of Topliss-reactive ketones (excluding diaryl/α,β-unsaturated/α-hetero) is 3. The number of benzene rings is 4. The summed E-state index contributed by atoms with van der Waals surface area (Å²) in [7, 11) is 0. The van der Waals surface area contributed by atoms with Crippen molar-refractivity contribution in [2.24, 2.45) is 0 Å². The van der Waals surface area contributed by atoms with Gasteiger partial charge >= 0.3 is 0 Å². The number of ketones is 3. The summed E-state index contributed by atoms with van der Waals surface area (Å²) in [5.74, 6) is -1.33. The zero-order valence-electron chi connectivity index (χ0n) is 19.4. The van der Waals surface area contributed by atoms with E-state index in [1.54, 1.807) is 78.9 Å². The average Bonchev–Trinajstić information content (AvgIpc) is 3.35. The number of rotatable bonds is 5. The molecule has 1 heterocycles. The molecule has 1 aliphatic carbocycles. The number of carbonyl (C=O) groups is 3. The van der Waals surface area contributed by atoms with E-state index >= 15 is 0 Å². The monoisotopic (exact) mass is 490 g/mol. The molecule has 0 bridgehead atoms. The highest BCUT2D eigenvalue weighted by Gasteiger charge is 2.50. The molecule has 0 aromatic heterocycles. The van der Waals surface area contributed by atoms with Crippen molar-refractivity contribution in [1.82, 2.24) is 0 Å². The van der Waals surface area contributed by atoms with Gasteiger partial charge in [0.05, 0.1) is 11.5 Å². The second-order valence-corrected chi connectivity index (χ2v) is 8.82. The van der Waals surface area contributed by atoms with Gasteiger partial charge in [-0.25, -0.2) is 4.39 Å². The highest BCUT2D eigenvalue weighted by atomic mass is 19.1. The van der Waals surface area contributed by atoms with Gasteiger partial charge in [0.25, 0.3) is 0 Å². The molecular weight excluding hydrogens is 471 g/mol. The van der Waals surface area contributed by atoms with Crippen molar-refractivity contribution in [3.05, 3.63) is 143 Å². The Labute approximate surface area is 211 Å². The van der Waals surface area contributed by atoms with Gasteiger partial charge in [-0.1, -0.05) is 66.7 Å². The maximum Gasteiger partial charge on any atom is 0.228 e. The van der Waals surface area contributed by atoms with Crippen molar-refractivity contribution in [3.63, 3.8) is 0 Å². The molecule has 0 fully saturated rings. The highest BCUT2D eigenvalue weighted by Crippen LogP contribution is 2.46. The van der Waals surface area contributed by atoms with Gasteiger partial charge in [0.2, 0.25) is 11.6 Å². The van der Waals surface area contributed by atoms with Crippen molar-refractivity contribution in [2.45, 2.75) is 12.0 Å². The third-order valence-electron chi connectivity index (χ3n) is 6.58. The molecule has 0 saturated carbocycles. The van der Waals surface area contributed by atoms with Crippen LogP contribution in [0.5, 0.6) is 11.5 Å². The lowest BCUT2D eigenvalue weighted by Gasteiger charge is -2.21. The Morgan fingerprint density at radius 3 is 1.92 bits per heavy atom. The smallest absolute Gasteiger partial charge is 0.228 e. The van der Waals surface area contributed by atoms with Gasteiger partial charge in [-0.2, -0.15) is 0 Å². The van der Waals surface area contributed by atoms with Gasteiger partial charge in [0.15, 0.2) is 17.6 Å². The standard InChI is InChI=1S/C31H19FO5/c32-20-12-16-22(17-13-20)36-21-14-10-18(11-15-21)25-26-28(34)23-8-4-5-9-24(23)29(35)31(26)37-30(25)27(33)19-6-2-1-3-7-19/h1-17,25,30H/t25-,30-/m1/s1. The lowest BCUT2D eigenvalue weighted by atomic mass is 9.78. The zero-order chi connectivity index (χ0) is 25.5. The topological polar surface area (TPSA) is 69.7 Å².